The highest BCUT2D eigenvalue weighted by molar-refractivity contribution is 5.82. The maximum Gasteiger partial charge on any atom is 0.305 e. The number of aromatic nitrogens is 1. The molecule has 2 amide bonds. The Morgan fingerprint density at radius 1 is 1.08 bits per heavy atom. The summed E-state index contributed by atoms with van der Waals surface area (Å²) < 4.78 is 0. The third-order valence-electron chi connectivity index (χ3n) is 7.33. The van der Waals surface area contributed by atoms with Gasteiger partial charge in [0, 0.05) is 37.5 Å². The van der Waals surface area contributed by atoms with E-state index in [1.807, 2.05) is 41.3 Å². The summed E-state index contributed by atoms with van der Waals surface area (Å²) >= 11 is 0. The van der Waals surface area contributed by atoms with Crippen molar-refractivity contribution in [3.05, 3.63) is 54.4 Å². The van der Waals surface area contributed by atoms with Gasteiger partial charge >= 0.3 is 5.97 Å². The minimum absolute atomic E-state index is 0.118. The van der Waals surface area contributed by atoms with Crippen LogP contribution in [0.25, 0.3) is 11.1 Å². The van der Waals surface area contributed by atoms with E-state index in [0.717, 1.165) is 49.9 Å². The zero-order valence-corrected chi connectivity index (χ0v) is 20.7. The van der Waals surface area contributed by atoms with Crippen molar-refractivity contribution in [2.75, 3.05) is 26.2 Å². The number of carboxylic acids is 1. The molecule has 8 heteroatoms. The summed E-state index contributed by atoms with van der Waals surface area (Å²) in [6.07, 6.45) is 8.21. The first-order valence-electron chi connectivity index (χ1n) is 13.0. The predicted octanol–water partition coefficient (Wildman–Crippen LogP) is 3.40. The van der Waals surface area contributed by atoms with Crippen molar-refractivity contribution >= 4 is 17.8 Å². The molecular weight excluding hydrogens is 456 g/mol. The summed E-state index contributed by atoms with van der Waals surface area (Å²) in [4.78, 5) is 43.8. The number of carbonyl (C=O) groups excluding carboxylic acids is 2. The van der Waals surface area contributed by atoms with Crippen LogP contribution in [0.2, 0.25) is 0 Å². The second-order valence-electron chi connectivity index (χ2n) is 9.94. The van der Waals surface area contributed by atoms with E-state index in [4.69, 9.17) is 0 Å². The largest absolute Gasteiger partial charge is 0.481 e. The van der Waals surface area contributed by atoms with Gasteiger partial charge in [-0.05, 0) is 68.3 Å². The van der Waals surface area contributed by atoms with Gasteiger partial charge in [-0.1, -0.05) is 30.3 Å². The molecule has 192 valence electrons. The number of hydrogen-bond donors (Lipinski definition) is 3. The van der Waals surface area contributed by atoms with E-state index in [0.29, 0.717) is 37.4 Å². The van der Waals surface area contributed by atoms with Gasteiger partial charge in [0.15, 0.2) is 0 Å². The quantitative estimate of drug-likeness (QED) is 0.495. The van der Waals surface area contributed by atoms with Gasteiger partial charge in [-0.3, -0.25) is 19.4 Å². The van der Waals surface area contributed by atoms with Gasteiger partial charge in [0.25, 0.3) is 0 Å². The first kappa shape index (κ1) is 25.8. The van der Waals surface area contributed by atoms with Gasteiger partial charge in [0.2, 0.25) is 11.8 Å². The molecule has 1 aromatic carbocycles. The number of likely N-dealkylation sites (tertiary alicyclic amines) is 1. The van der Waals surface area contributed by atoms with Crippen LogP contribution in [-0.4, -0.2) is 59.0 Å². The second-order valence-corrected chi connectivity index (χ2v) is 9.94. The molecule has 3 heterocycles. The summed E-state index contributed by atoms with van der Waals surface area (Å²) in [7, 11) is 0. The Labute approximate surface area is 212 Å². The smallest absolute Gasteiger partial charge is 0.305 e. The SMILES string of the molecule is O=C(O)C[C@H](NC(=O)[C@@H]1CCCN(C(=O)CCC2CCNCC2)C1)c1cncc(-c2ccccc2)c1. The van der Waals surface area contributed by atoms with Crippen molar-refractivity contribution in [1.82, 2.24) is 20.5 Å². The van der Waals surface area contributed by atoms with E-state index in [1.54, 1.807) is 12.4 Å². The summed E-state index contributed by atoms with van der Waals surface area (Å²) in [5.74, 6) is -0.835. The van der Waals surface area contributed by atoms with Gasteiger partial charge in [-0.15, -0.1) is 0 Å². The first-order valence-corrected chi connectivity index (χ1v) is 13.0. The molecule has 0 radical (unpaired) electrons. The number of carbonyl (C=O) groups is 3. The topological polar surface area (TPSA) is 112 Å². The zero-order valence-electron chi connectivity index (χ0n) is 20.7. The number of benzene rings is 1. The van der Waals surface area contributed by atoms with E-state index < -0.39 is 12.0 Å². The second kappa shape index (κ2) is 12.6. The molecule has 2 fully saturated rings. The van der Waals surface area contributed by atoms with Gasteiger partial charge in [-0.2, -0.15) is 0 Å². The Kier molecular flexibility index (Phi) is 9.06. The summed E-state index contributed by atoms with van der Waals surface area (Å²) in [5.41, 5.74) is 2.48. The van der Waals surface area contributed by atoms with Crippen LogP contribution in [0.4, 0.5) is 0 Å². The number of nitrogens with one attached hydrogen (secondary N) is 2. The van der Waals surface area contributed by atoms with E-state index in [1.165, 1.54) is 0 Å². The zero-order chi connectivity index (χ0) is 25.3. The molecule has 0 bridgehead atoms. The normalized spacial score (nSPS) is 19.4. The van der Waals surface area contributed by atoms with Crippen LogP contribution in [0.5, 0.6) is 0 Å². The van der Waals surface area contributed by atoms with Gasteiger partial charge < -0.3 is 20.6 Å². The first-order chi connectivity index (χ1) is 17.5. The van der Waals surface area contributed by atoms with Crippen LogP contribution in [0.15, 0.2) is 48.8 Å². The average Bonchev–Trinajstić information content (AvgIpc) is 2.92. The fourth-order valence-corrected chi connectivity index (χ4v) is 5.23. The van der Waals surface area contributed by atoms with Gasteiger partial charge in [0.05, 0.1) is 18.4 Å². The Morgan fingerprint density at radius 2 is 1.86 bits per heavy atom. The predicted molar refractivity (Wildman–Crippen MR) is 137 cm³/mol. The summed E-state index contributed by atoms with van der Waals surface area (Å²) in [5, 5.41) is 15.8. The highest BCUT2D eigenvalue weighted by Gasteiger charge is 2.30. The van der Waals surface area contributed by atoms with Crippen molar-refractivity contribution in [2.24, 2.45) is 11.8 Å². The lowest BCUT2D eigenvalue weighted by molar-refractivity contribution is -0.138. The number of amides is 2. The van der Waals surface area contributed by atoms with Crippen LogP contribution in [0.1, 0.15) is 56.6 Å². The molecule has 1 aromatic heterocycles. The van der Waals surface area contributed by atoms with Crippen molar-refractivity contribution in [3.63, 3.8) is 0 Å². The lowest BCUT2D eigenvalue weighted by Crippen LogP contribution is -2.46. The van der Waals surface area contributed by atoms with Crippen molar-refractivity contribution in [3.8, 4) is 11.1 Å². The monoisotopic (exact) mass is 492 g/mol. The molecule has 2 aliphatic heterocycles. The number of rotatable bonds is 9. The maximum atomic E-state index is 13.2. The number of carboxylic acid groups (broad SMARTS) is 1. The van der Waals surface area contributed by atoms with E-state index >= 15 is 0 Å². The average molecular weight is 493 g/mol. The lowest BCUT2D eigenvalue weighted by Gasteiger charge is -2.33. The Hall–Kier alpha value is -3.26. The number of nitrogens with zero attached hydrogens (tertiary/aromatic N) is 2. The number of hydrogen-bond acceptors (Lipinski definition) is 5. The van der Waals surface area contributed by atoms with Crippen molar-refractivity contribution < 1.29 is 19.5 Å². The van der Waals surface area contributed by atoms with Crippen molar-refractivity contribution in [2.45, 2.75) is 51.0 Å². The Morgan fingerprint density at radius 3 is 2.61 bits per heavy atom. The maximum absolute atomic E-state index is 13.2. The summed E-state index contributed by atoms with van der Waals surface area (Å²) in [6, 6.07) is 10.9. The molecule has 3 N–H and O–H groups in total. The van der Waals surface area contributed by atoms with E-state index in [-0.39, 0.29) is 24.2 Å². The van der Waals surface area contributed by atoms with E-state index in [2.05, 4.69) is 15.6 Å². The molecule has 36 heavy (non-hydrogen) atoms. The summed E-state index contributed by atoms with van der Waals surface area (Å²) in [6.45, 7) is 3.10. The fourth-order valence-electron chi connectivity index (χ4n) is 5.23. The Balaban J connectivity index is 1.38. The molecule has 2 aromatic rings. The Bertz CT molecular complexity index is 1040. The van der Waals surface area contributed by atoms with Gasteiger partial charge in [0.1, 0.15) is 0 Å². The molecule has 0 saturated carbocycles. The molecule has 2 saturated heterocycles. The van der Waals surface area contributed by atoms with Crippen LogP contribution in [0.3, 0.4) is 0 Å². The van der Waals surface area contributed by atoms with Crippen LogP contribution < -0.4 is 10.6 Å². The molecule has 8 nitrogen and oxygen atoms in total. The van der Waals surface area contributed by atoms with Crippen LogP contribution in [0, 0.1) is 11.8 Å². The third-order valence-corrected chi connectivity index (χ3v) is 7.33. The minimum atomic E-state index is -0.997. The molecule has 2 aliphatic rings. The molecule has 0 spiro atoms. The molecule has 0 aliphatic carbocycles. The van der Waals surface area contributed by atoms with Gasteiger partial charge in [-0.25, -0.2) is 0 Å². The molecule has 4 rings (SSSR count). The molecular formula is C28H36N4O4. The third kappa shape index (κ3) is 7.13. The number of aliphatic carboxylic acids is 1. The fraction of sp³-hybridized carbons (Fsp3) is 0.500. The highest BCUT2D eigenvalue weighted by atomic mass is 16.4. The highest BCUT2D eigenvalue weighted by Crippen LogP contribution is 2.26. The molecule has 2 atom stereocenters. The lowest BCUT2D eigenvalue weighted by atomic mass is 9.92. The van der Waals surface area contributed by atoms with Crippen molar-refractivity contribution in [1.29, 1.82) is 0 Å². The van der Waals surface area contributed by atoms with Crippen LogP contribution in [-0.2, 0) is 14.4 Å². The number of piperidine rings is 2. The molecule has 0 unspecified atom stereocenters. The minimum Gasteiger partial charge on any atom is -0.481 e. The number of pyridine rings is 1. The standard InChI is InChI=1S/C28H36N4O4/c33-26(9-8-20-10-12-29-13-11-20)32-14-4-7-22(19-32)28(36)31-25(16-27(34)35)24-15-23(17-30-18-24)21-5-2-1-3-6-21/h1-3,5-6,15,17-18,20,22,25,29H,4,7-14,16,19H2,(H,31,36)(H,34,35)/t22-,25+/m1/s1. The van der Waals surface area contributed by atoms with Crippen LogP contribution >= 0.6 is 0 Å². The van der Waals surface area contributed by atoms with E-state index in [9.17, 15) is 19.5 Å².